The first-order chi connectivity index (χ1) is 9.49. The summed E-state index contributed by atoms with van der Waals surface area (Å²) in [6, 6.07) is 11.9. The first-order valence-corrected chi connectivity index (χ1v) is 7.11. The molecule has 4 nitrogen and oxygen atoms in total. The average molecular weight is 356 g/mol. The predicted octanol–water partition coefficient (Wildman–Crippen LogP) is 5.18. The molecule has 0 bridgehead atoms. The molecule has 0 aliphatic heterocycles. The molecule has 0 saturated heterocycles. The zero-order valence-corrected chi connectivity index (χ0v) is 13.0. The number of nitrogens with one attached hydrogen (secondary N) is 1. The molecule has 2 rings (SSSR count). The summed E-state index contributed by atoms with van der Waals surface area (Å²) >= 11 is 9.47. The molecule has 1 N–H and O–H groups in total. The molecule has 2 aromatic carbocycles. The Bertz CT molecular complexity index is 649. The number of hydrogen-bond acceptors (Lipinski definition) is 3. The lowest BCUT2D eigenvalue weighted by Gasteiger charge is -2.17. The number of nitro groups is 1. The minimum absolute atomic E-state index is 0.0979. The van der Waals surface area contributed by atoms with Gasteiger partial charge in [-0.05, 0) is 25.1 Å². The van der Waals surface area contributed by atoms with Gasteiger partial charge in [-0.1, -0.05) is 45.7 Å². The number of para-hydroxylation sites is 1. The second-order valence-electron chi connectivity index (χ2n) is 4.31. The van der Waals surface area contributed by atoms with Crippen molar-refractivity contribution in [3.8, 4) is 0 Å². The Kier molecular flexibility index (Phi) is 4.62. The van der Waals surface area contributed by atoms with Crippen LogP contribution in [0.1, 0.15) is 18.5 Å². The van der Waals surface area contributed by atoms with Crippen molar-refractivity contribution >= 4 is 38.9 Å². The summed E-state index contributed by atoms with van der Waals surface area (Å²) in [6.07, 6.45) is 0. The van der Waals surface area contributed by atoms with Crippen molar-refractivity contribution in [3.05, 3.63) is 67.6 Å². The second kappa shape index (κ2) is 6.24. The van der Waals surface area contributed by atoms with Crippen LogP contribution in [-0.4, -0.2) is 4.92 Å². The number of halogens is 2. The average Bonchev–Trinajstić information content (AvgIpc) is 2.41. The molecule has 0 saturated carbocycles. The number of hydrogen-bond donors (Lipinski definition) is 1. The summed E-state index contributed by atoms with van der Waals surface area (Å²) in [4.78, 5) is 10.7. The Hall–Kier alpha value is -1.59. The molecule has 20 heavy (non-hydrogen) atoms. The van der Waals surface area contributed by atoms with Gasteiger partial charge in [0.05, 0.1) is 27.2 Å². The van der Waals surface area contributed by atoms with Crippen LogP contribution in [0.4, 0.5) is 11.4 Å². The minimum atomic E-state index is -0.378. The summed E-state index contributed by atoms with van der Waals surface area (Å²) in [5, 5.41) is 14.8. The van der Waals surface area contributed by atoms with E-state index in [4.69, 9.17) is 11.6 Å². The lowest BCUT2D eigenvalue weighted by molar-refractivity contribution is -0.385. The molecule has 0 radical (unpaired) electrons. The quantitative estimate of drug-likeness (QED) is 0.607. The Labute approximate surface area is 130 Å². The second-order valence-corrected chi connectivity index (χ2v) is 5.63. The van der Waals surface area contributed by atoms with Crippen LogP contribution in [-0.2, 0) is 0 Å². The van der Waals surface area contributed by atoms with Crippen LogP contribution in [0, 0.1) is 10.1 Å². The van der Waals surface area contributed by atoms with Crippen molar-refractivity contribution < 1.29 is 4.92 Å². The highest BCUT2D eigenvalue weighted by Gasteiger charge is 2.18. The molecule has 0 aromatic heterocycles. The van der Waals surface area contributed by atoms with Crippen LogP contribution in [0.15, 0.2) is 46.9 Å². The predicted molar refractivity (Wildman–Crippen MR) is 84.3 cm³/mol. The van der Waals surface area contributed by atoms with E-state index in [1.165, 1.54) is 6.07 Å². The van der Waals surface area contributed by atoms with E-state index >= 15 is 0 Å². The number of rotatable bonds is 4. The van der Waals surface area contributed by atoms with Crippen molar-refractivity contribution in [1.82, 2.24) is 0 Å². The first-order valence-electron chi connectivity index (χ1n) is 5.94. The highest BCUT2D eigenvalue weighted by Crippen LogP contribution is 2.31. The van der Waals surface area contributed by atoms with Gasteiger partial charge in [-0.15, -0.1) is 0 Å². The molecule has 104 valence electrons. The Balaban J connectivity index is 2.28. The highest BCUT2D eigenvalue weighted by molar-refractivity contribution is 9.10. The third kappa shape index (κ3) is 3.29. The highest BCUT2D eigenvalue weighted by atomic mass is 79.9. The fourth-order valence-electron chi connectivity index (χ4n) is 1.94. The van der Waals surface area contributed by atoms with Crippen LogP contribution in [0.25, 0.3) is 0 Å². The topological polar surface area (TPSA) is 55.2 Å². The van der Waals surface area contributed by atoms with Crippen molar-refractivity contribution in [2.45, 2.75) is 13.0 Å². The molecule has 0 fully saturated rings. The van der Waals surface area contributed by atoms with Gasteiger partial charge in [-0.2, -0.15) is 0 Å². The van der Waals surface area contributed by atoms with Crippen molar-refractivity contribution in [1.29, 1.82) is 0 Å². The zero-order chi connectivity index (χ0) is 14.7. The number of anilines is 1. The van der Waals surface area contributed by atoms with Gasteiger partial charge >= 0.3 is 0 Å². The molecule has 0 aliphatic carbocycles. The zero-order valence-electron chi connectivity index (χ0n) is 10.6. The maximum absolute atomic E-state index is 11.0. The van der Waals surface area contributed by atoms with Crippen LogP contribution in [0.2, 0.25) is 5.02 Å². The molecule has 1 unspecified atom stereocenters. The van der Waals surface area contributed by atoms with Crippen LogP contribution in [0.3, 0.4) is 0 Å². The number of benzene rings is 2. The Morgan fingerprint density at radius 2 is 2.00 bits per heavy atom. The largest absolute Gasteiger partial charge is 0.377 e. The van der Waals surface area contributed by atoms with Crippen LogP contribution < -0.4 is 5.32 Å². The van der Waals surface area contributed by atoms with E-state index in [0.717, 1.165) is 10.2 Å². The summed E-state index contributed by atoms with van der Waals surface area (Å²) in [7, 11) is 0. The molecule has 1 atom stereocenters. The molecule has 0 heterocycles. The maximum Gasteiger partial charge on any atom is 0.274 e. The smallest absolute Gasteiger partial charge is 0.274 e. The Morgan fingerprint density at radius 1 is 1.30 bits per heavy atom. The third-order valence-corrected chi connectivity index (χ3v) is 3.71. The first kappa shape index (κ1) is 14.8. The fourth-order valence-corrected chi connectivity index (χ4v) is 2.67. The fraction of sp³-hybridized carbons (Fsp3) is 0.143. The molecule has 0 spiro atoms. The number of nitrogens with zero attached hydrogens (tertiary/aromatic N) is 1. The summed E-state index contributed by atoms with van der Waals surface area (Å²) in [5.41, 5.74) is 1.46. The lowest BCUT2D eigenvalue weighted by atomic mass is 10.1. The van der Waals surface area contributed by atoms with Crippen molar-refractivity contribution in [3.63, 3.8) is 0 Å². The van der Waals surface area contributed by atoms with Gasteiger partial charge < -0.3 is 5.32 Å². The standard InChI is InChI=1S/C14H12BrClN2O2/c1-9(11-4-2-3-5-14(11)18(19)20)17-13-7-6-10(15)8-12(13)16/h2-9,17H,1H3. The van der Waals surface area contributed by atoms with Gasteiger partial charge in [-0.3, -0.25) is 10.1 Å². The van der Waals surface area contributed by atoms with Crippen molar-refractivity contribution in [2.75, 3.05) is 5.32 Å². The molecule has 0 amide bonds. The van der Waals surface area contributed by atoms with Crippen molar-refractivity contribution in [2.24, 2.45) is 0 Å². The van der Waals surface area contributed by atoms with E-state index < -0.39 is 0 Å². The van der Waals surface area contributed by atoms with E-state index in [0.29, 0.717) is 10.6 Å². The summed E-state index contributed by atoms with van der Waals surface area (Å²) in [5.74, 6) is 0. The molecular weight excluding hydrogens is 344 g/mol. The van der Waals surface area contributed by atoms with Gasteiger partial charge in [0.25, 0.3) is 5.69 Å². The van der Waals surface area contributed by atoms with Crippen LogP contribution >= 0.6 is 27.5 Å². The van der Waals surface area contributed by atoms with Gasteiger partial charge in [-0.25, -0.2) is 0 Å². The third-order valence-electron chi connectivity index (χ3n) is 2.90. The maximum atomic E-state index is 11.0. The van der Waals surface area contributed by atoms with E-state index in [2.05, 4.69) is 21.2 Å². The van der Waals surface area contributed by atoms with Gasteiger partial charge in [0.15, 0.2) is 0 Å². The lowest BCUT2D eigenvalue weighted by Crippen LogP contribution is -2.09. The Morgan fingerprint density at radius 3 is 2.65 bits per heavy atom. The van der Waals surface area contributed by atoms with Gasteiger partial charge in [0.2, 0.25) is 0 Å². The van der Waals surface area contributed by atoms with Gasteiger partial charge in [0.1, 0.15) is 0 Å². The normalized spacial score (nSPS) is 11.9. The molecule has 2 aromatic rings. The SMILES string of the molecule is CC(Nc1ccc(Br)cc1Cl)c1ccccc1[N+](=O)[O-]. The van der Waals surface area contributed by atoms with E-state index in [1.54, 1.807) is 24.3 Å². The molecule has 0 aliphatic rings. The van der Waals surface area contributed by atoms with Crippen LogP contribution in [0.5, 0.6) is 0 Å². The minimum Gasteiger partial charge on any atom is -0.377 e. The monoisotopic (exact) mass is 354 g/mol. The van der Waals surface area contributed by atoms with Gasteiger partial charge in [0, 0.05) is 10.5 Å². The van der Waals surface area contributed by atoms with E-state index in [1.807, 2.05) is 19.1 Å². The summed E-state index contributed by atoms with van der Waals surface area (Å²) < 4.78 is 0.881. The molecular formula is C14H12BrClN2O2. The van der Waals surface area contributed by atoms with E-state index in [9.17, 15) is 10.1 Å². The molecule has 6 heteroatoms. The summed E-state index contributed by atoms with van der Waals surface area (Å²) in [6.45, 7) is 1.86. The van der Waals surface area contributed by atoms with E-state index in [-0.39, 0.29) is 16.7 Å². The number of nitro benzene ring substituents is 1.